The summed E-state index contributed by atoms with van der Waals surface area (Å²) < 4.78 is 6.14. The number of ether oxygens (including phenoxy) is 1. The molecule has 7 heteroatoms. The average molecular weight is 445 g/mol. The number of carbonyl (C=O) groups excluding carboxylic acids is 2. The molecule has 0 aliphatic carbocycles. The van der Waals surface area contributed by atoms with Crippen LogP contribution >= 0.6 is 27.7 Å². The standard InChI is InChI=1S/C20H17BrN2O3S/c21-13-6-4-12(5-7-13)18(24)10-26-20(25)17-11-27-19(23-17)15-2-1-3-16-14(15)8-9-22-16/h1-9,17,19,22-23H,10-11H2. The van der Waals surface area contributed by atoms with E-state index in [0.717, 1.165) is 20.9 Å². The largest absolute Gasteiger partial charge is 0.456 e. The van der Waals surface area contributed by atoms with Crippen LogP contribution < -0.4 is 5.32 Å². The molecule has 3 aromatic rings. The number of rotatable bonds is 5. The van der Waals surface area contributed by atoms with Gasteiger partial charge >= 0.3 is 5.97 Å². The normalized spacial score (nSPS) is 19.3. The summed E-state index contributed by atoms with van der Waals surface area (Å²) >= 11 is 5.00. The number of ketones is 1. The summed E-state index contributed by atoms with van der Waals surface area (Å²) in [5.74, 6) is 0.00315. The molecule has 0 spiro atoms. The maximum atomic E-state index is 12.4. The first-order valence-corrected chi connectivity index (χ1v) is 10.3. The fourth-order valence-electron chi connectivity index (χ4n) is 3.08. The van der Waals surface area contributed by atoms with Crippen LogP contribution in [0, 0.1) is 0 Å². The Hall–Kier alpha value is -2.09. The molecular weight excluding hydrogens is 428 g/mol. The molecule has 138 valence electrons. The van der Waals surface area contributed by atoms with Gasteiger partial charge in [0.25, 0.3) is 0 Å². The zero-order valence-electron chi connectivity index (χ0n) is 14.3. The van der Waals surface area contributed by atoms with Crippen LogP contribution in [-0.2, 0) is 9.53 Å². The summed E-state index contributed by atoms with van der Waals surface area (Å²) in [6, 6.07) is 14.7. The van der Waals surface area contributed by atoms with Crippen molar-refractivity contribution in [2.75, 3.05) is 12.4 Å². The average Bonchev–Trinajstić information content (AvgIpc) is 3.35. The second kappa shape index (κ2) is 7.88. The Morgan fingerprint density at radius 2 is 1.96 bits per heavy atom. The molecule has 1 aliphatic rings. The van der Waals surface area contributed by atoms with Crippen LogP contribution in [0.1, 0.15) is 21.3 Å². The Bertz CT molecular complexity index is 986. The van der Waals surface area contributed by atoms with Crippen LogP contribution in [0.3, 0.4) is 0 Å². The third kappa shape index (κ3) is 3.95. The lowest BCUT2D eigenvalue weighted by molar-refractivity contribution is -0.144. The number of fused-ring (bicyclic) bond motifs is 1. The van der Waals surface area contributed by atoms with E-state index in [1.165, 1.54) is 0 Å². The maximum Gasteiger partial charge on any atom is 0.324 e. The number of aromatic nitrogens is 1. The van der Waals surface area contributed by atoms with Crippen LogP contribution in [0.2, 0.25) is 0 Å². The highest BCUT2D eigenvalue weighted by Gasteiger charge is 2.32. The van der Waals surface area contributed by atoms with E-state index in [1.54, 1.807) is 36.0 Å². The quantitative estimate of drug-likeness (QED) is 0.458. The number of H-pyrrole nitrogens is 1. The van der Waals surface area contributed by atoms with Crippen LogP contribution in [-0.4, -0.2) is 35.1 Å². The highest BCUT2D eigenvalue weighted by Crippen LogP contribution is 2.36. The molecular formula is C20H17BrN2O3S. The third-order valence-corrected chi connectivity index (χ3v) is 6.27. The summed E-state index contributed by atoms with van der Waals surface area (Å²) in [4.78, 5) is 27.7. The van der Waals surface area contributed by atoms with Crippen molar-refractivity contribution in [3.05, 3.63) is 70.3 Å². The van der Waals surface area contributed by atoms with Gasteiger partial charge in [0.05, 0.1) is 5.37 Å². The molecule has 4 rings (SSSR count). The first-order valence-electron chi connectivity index (χ1n) is 8.51. The van der Waals surface area contributed by atoms with Crippen molar-refractivity contribution in [1.29, 1.82) is 0 Å². The van der Waals surface area contributed by atoms with Crippen molar-refractivity contribution < 1.29 is 14.3 Å². The second-order valence-corrected chi connectivity index (χ2v) is 8.31. The summed E-state index contributed by atoms with van der Waals surface area (Å²) in [5, 5.41) is 4.48. The molecule has 5 nitrogen and oxygen atoms in total. The number of thioether (sulfide) groups is 1. The van der Waals surface area contributed by atoms with Crippen LogP contribution in [0.25, 0.3) is 10.9 Å². The van der Waals surface area contributed by atoms with Crippen LogP contribution in [0.15, 0.2) is 59.2 Å². The van der Waals surface area contributed by atoms with Crippen LogP contribution in [0.4, 0.5) is 0 Å². The van der Waals surface area contributed by atoms with Crippen molar-refractivity contribution in [3.8, 4) is 0 Å². The summed E-state index contributed by atoms with van der Waals surface area (Å²) in [5.41, 5.74) is 2.73. The van der Waals surface area contributed by atoms with E-state index in [-0.39, 0.29) is 17.8 Å². The fraction of sp³-hybridized carbons (Fsp3) is 0.200. The molecule has 0 saturated carbocycles. The number of nitrogens with one attached hydrogen (secondary N) is 2. The lowest BCUT2D eigenvalue weighted by Crippen LogP contribution is -2.36. The summed E-state index contributed by atoms with van der Waals surface area (Å²) in [6.45, 7) is -0.249. The van der Waals surface area contributed by atoms with Gasteiger partial charge in [-0.1, -0.05) is 40.2 Å². The third-order valence-electron chi connectivity index (χ3n) is 4.49. The summed E-state index contributed by atoms with van der Waals surface area (Å²) in [7, 11) is 0. The van der Waals surface area contributed by atoms with Gasteiger partial charge in [0.2, 0.25) is 0 Å². The van der Waals surface area contributed by atoms with E-state index in [9.17, 15) is 9.59 Å². The van der Waals surface area contributed by atoms with E-state index >= 15 is 0 Å². The number of hydrogen-bond acceptors (Lipinski definition) is 5. The molecule has 1 aliphatic heterocycles. The Morgan fingerprint density at radius 3 is 2.78 bits per heavy atom. The van der Waals surface area contributed by atoms with Crippen molar-refractivity contribution >= 4 is 50.3 Å². The molecule has 1 fully saturated rings. The Balaban J connectivity index is 1.36. The van der Waals surface area contributed by atoms with Gasteiger partial charge in [0.1, 0.15) is 6.04 Å². The molecule has 0 radical (unpaired) electrons. The SMILES string of the molecule is O=C(COC(=O)C1CSC(c2cccc3[nH]ccc23)N1)c1ccc(Br)cc1. The van der Waals surface area contributed by atoms with Gasteiger partial charge in [0, 0.05) is 32.9 Å². The number of halogens is 1. The predicted octanol–water partition coefficient (Wildman–Crippen LogP) is 4.06. The Kier molecular flexibility index (Phi) is 5.33. The maximum absolute atomic E-state index is 12.4. The lowest BCUT2D eigenvalue weighted by atomic mass is 10.1. The topological polar surface area (TPSA) is 71.2 Å². The molecule has 2 atom stereocenters. The highest BCUT2D eigenvalue weighted by atomic mass is 79.9. The number of benzene rings is 2. The smallest absolute Gasteiger partial charge is 0.324 e. The van der Waals surface area contributed by atoms with E-state index in [1.807, 2.05) is 24.4 Å². The van der Waals surface area contributed by atoms with Crippen molar-refractivity contribution in [2.24, 2.45) is 0 Å². The van der Waals surface area contributed by atoms with Gasteiger partial charge in [-0.15, -0.1) is 11.8 Å². The molecule has 2 aromatic carbocycles. The predicted molar refractivity (Wildman–Crippen MR) is 110 cm³/mol. The monoisotopic (exact) mass is 444 g/mol. The molecule has 0 amide bonds. The van der Waals surface area contributed by atoms with Gasteiger partial charge in [-0.2, -0.15) is 0 Å². The van der Waals surface area contributed by atoms with E-state index in [0.29, 0.717) is 11.3 Å². The van der Waals surface area contributed by atoms with E-state index in [4.69, 9.17) is 4.74 Å². The molecule has 1 saturated heterocycles. The minimum absolute atomic E-state index is 0.0178. The number of Topliss-reactive ketones (excluding diaryl/α,β-unsaturated/α-hetero) is 1. The highest BCUT2D eigenvalue weighted by molar-refractivity contribution is 9.10. The number of hydrogen-bond donors (Lipinski definition) is 2. The fourth-order valence-corrected chi connectivity index (χ4v) is 4.61. The molecule has 2 N–H and O–H groups in total. The number of aromatic amines is 1. The minimum atomic E-state index is -0.424. The van der Waals surface area contributed by atoms with E-state index < -0.39 is 12.0 Å². The summed E-state index contributed by atoms with van der Waals surface area (Å²) in [6.07, 6.45) is 1.91. The molecule has 2 unspecified atom stereocenters. The van der Waals surface area contributed by atoms with Crippen molar-refractivity contribution in [3.63, 3.8) is 0 Å². The molecule has 1 aromatic heterocycles. The van der Waals surface area contributed by atoms with Crippen molar-refractivity contribution in [1.82, 2.24) is 10.3 Å². The molecule has 2 heterocycles. The first-order chi connectivity index (χ1) is 13.1. The van der Waals surface area contributed by atoms with Gasteiger partial charge in [-0.25, -0.2) is 0 Å². The van der Waals surface area contributed by atoms with Crippen molar-refractivity contribution in [2.45, 2.75) is 11.4 Å². The molecule has 27 heavy (non-hydrogen) atoms. The Morgan fingerprint density at radius 1 is 1.15 bits per heavy atom. The van der Waals surface area contributed by atoms with Gasteiger partial charge < -0.3 is 9.72 Å². The zero-order chi connectivity index (χ0) is 18.8. The van der Waals surface area contributed by atoms with Gasteiger partial charge in [0.15, 0.2) is 12.4 Å². The number of esters is 1. The lowest BCUT2D eigenvalue weighted by Gasteiger charge is -2.14. The van der Waals surface area contributed by atoms with Gasteiger partial charge in [-0.05, 0) is 29.8 Å². The van der Waals surface area contributed by atoms with Gasteiger partial charge in [-0.3, -0.25) is 14.9 Å². The Labute approximate surface area is 169 Å². The minimum Gasteiger partial charge on any atom is -0.456 e. The van der Waals surface area contributed by atoms with E-state index in [2.05, 4.69) is 32.3 Å². The zero-order valence-corrected chi connectivity index (χ0v) is 16.7. The van der Waals surface area contributed by atoms with Crippen LogP contribution in [0.5, 0.6) is 0 Å². The number of carbonyl (C=O) groups is 2. The molecule has 0 bridgehead atoms. The second-order valence-electron chi connectivity index (χ2n) is 6.26. The first kappa shape index (κ1) is 18.3.